The van der Waals surface area contributed by atoms with Crippen molar-refractivity contribution in [1.82, 2.24) is 5.32 Å². The molecule has 0 aromatic carbocycles. The molecule has 47 heavy (non-hydrogen) atoms. The third-order valence-electron chi connectivity index (χ3n) is 9.54. The molecule has 5 heteroatoms. The molecule has 3 unspecified atom stereocenters. The van der Waals surface area contributed by atoms with Gasteiger partial charge in [-0.05, 0) is 44.9 Å². The lowest BCUT2D eigenvalue weighted by atomic mass is 10.0. The Labute approximate surface area is 292 Å². The first-order valence-corrected chi connectivity index (χ1v) is 20.7. The Hall–Kier alpha value is -1.17. The van der Waals surface area contributed by atoms with Crippen LogP contribution in [0.15, 0.2) is 24.3 Å². The van der Waals surface area contributed by atoms with Crippen molar-refractivity contribution in [2.45, 2.75) is 231 Å². The highest BCUT2D eigenvalue weighted by molar-refractivity contribution is 5.80. The maximum absolute atomic E-state index is 12.4. The summed E-state index contributed by atoms with van der Waals surface area (Å²) >= 11 is 0. The van der Waals surface area contributed by atoms with E-state index in [4.69, 9.17) is 0 Å². The molecule has 0 rings (SSSR count). The van der Waals surface area contributed by atoms with E-state index in [1.54, 1.807) is 6.08 Å². The number of unbranched alkanes of at least 4 members (excludes halogenated alkanes) is 27. The normalized spacial score (nSPS) is 13.9. The highest BCUT2D eigenvalue weighted by Gasteiger charge is 2.22. The van der Waals surface area contributed by atoms with Gasteiger partial charge in [0.05, 0.1) is 18.8 Å². The molecule has 4 N–H and O–H groups in total. The number of rotatable bonds is 37. The lowest BCUT2D eigenvalue weighted by Crippen LogP contribution is -2.48. The van der Waals surface area contributed by atoms with E-state index in [9.17, 15) is 20.1 Å². The van der Waals surface area contributed by atoms with Crippen LogP contribution in [0.2, 0.25) is 0 Å². The molecule has 5 nitrogen and oxygen atoms in total. The van der Waals surface area contributed by atoms with Crippen LogP contribution in [0.25, 0.3) is 0 Å². The average molecular weight is 664 g/mol. The van der Waals surface area contributed by atoms with Gasteiger partial charge in [0.15, 0.2) is 0 Å². The van der Waals surface area contributed by atoms with Crippen LogP contribution in [-0.4, -0.2) is 46.1 Å². The first kappa shape index (κ1) is 45.8. The minimum absolute atomic E-state index is 0.364. The fourth-order valence-corrected chi connectivity index (χ4v) is 6.24. The van der Waals surface area contributed by atoms with E-state index in [1.165, 1.54) is 161 Å². The first-order chi connectivity index (χ1) is 23.1. The summed E-state index contributed by atoms with van der Waals surface area (Å²) in [4.78, 5) is 12.4. The molecule has 0 aliphatic carbocycles. The van der Waals surface area contributed by atoms with E-state index in [2.05, 4.69) is 31.3 Å². The second-order valence-electron chi connectivity index (χ2n) is 14.2. The predicted molar refractivity (Wildman–Crippen MR) is 204 cm³/mol. The fraction of sp³-hybridized carbons (Fsp3) is 0.881. The molecule has 0 aliphatic rings. The molecule has 0 spiro atoms. The van der Waals surface area contributed by atoms with Crippen molar-refractivity contribution in [3.63, 3.8) is 0 Å². The number of aliphatic hydroxyl groups is 3. The summed E-state index contributed by atoms with van der Waals surface area (Å²) in [6.07, 6.45) is 45.0. The molecule has 0 aromatic rings. The van der Waals surface area contributed by atoms with Crippen LogP contribution in [0, 0.1) is 0 Å². The summed E-state index contributed by atoms with van der Waals surface area (Å²) in [6.45, 7) is 4.15. The largest absolute Gasteiger partial charge is 0.394 e. The zero-order valence-electron chi connectivity index (χ0n) is 31.4. The van der Waals surface area contributed by atoms with Gasteiger partial charge < -0.3 is 20.6 Å². The molecule has 0 fully saturated rings. The van der Waals surface area contributed by atoms with Crippen LogP contribution in [0.5, 0.6) is 0 Å². The van der Waals surface area contributed by atoms with Crippen molar-refractivity contribution in [2.75, 3.05) is 6.61 Å². The van der Waals surface area contributed by atoms with Gasteiger partial charge in [0, 0.05) is 0 Å². The van der Waals surface area contributed by atoms with E-state index in [0.717, 1.165) is 32.1 Å². The summed E-state index contributed by atoms with van der Waals surface area (Å²) < 4.78 is 0. The molecule has 0 saturated heterocycles. The van der Waals surface area contributed by atoms with E-state index in [0.29, 0.717) is 6.42 Å². The van der Waals surface area contributed by atoms with Crippen molar-refractivity contribution < 1.29 is 20.1 Å². The second kappa shape index (κ2) is 37.6. The van der Waals surface area contributed by atoms with Crippen LogP contribution >= 0.6 is 0 Å². The number of nitrogens with one attached hydrogen (secondary N) is 1. The van der Waals surface area contributed by atoms with E-state index in [-0.39, 0.29) is 6.61 Å². The molecule has 0 heterocycles. The number of hydrogen-bond donors (Lipinski definition) is 4. The van der Waals surface area contributed by atoms with Gasteiger partial charge in [-0.2, -0.15) is 0 Å². The number of amides is 1. The van der Waals surface area contributed by atoms with Crippen molar-refractivity contribution >= 4 is 5.91 Å². The number of hydrogen-bond acceptors (Lipinski definition) is 4. The highest BCUT2D eigenvalue weighted by atomic mass is 16.3. The minimum atomic E-state index is -1.10. The molecule has 3 atom stereocenters. The van der Waals surface area contributed by atoms with Crippen molar-refractivity contribution in [3.05, 3.63) is 24.3 Å². The Balaban J connectivity index is 3.60. The molecule has 278 valence electrons. The lowest BCUT2D eigenvalue weighted by Gasteiger charge is -2.21. The average Bonchev–Trinajstić information content (AvgIpc) is 3.07. The van der Waals surface area contributed by atoms with Gasteiger partial charge in [-0.3, -0.25) is 4.79 Å². The topological polar surface area (TPSA) is 89.8 Å². The summed E-state index contributed by atoms with van der Waals surface area (Å²) in [5, 5.41) is 32.9. The number of aliphatic hydroxyl groups excluding tert-OH is 3. The molecule has 0 radical (unpaired) electrons. The third kappa shape index (κ3) is 33.1. The van der Waals surface area contributed by atoms with Gasteiger partial charge in [0.25, 0.3) is 0 Å². The molecular weight excluding hydrogens is 582 g/mol. The predicted octanol–water partition coefficient (Wildman–Crippen LogP) is 11.4. The summed E-state index contributed by atoms with van der Waals surface area (Å²) in [5.74, 6) is -0.508. The Bertz CT molecular complexity index is 694. The zero-order chi connectivity index (χ0) is 34.5. The maximum Gasteiger partial charge on any atom is 0.249 e. The summed E-state index contributed by atoms with van der Waals surface area (Å²) in [7, 11) is 0. The van der Waals surface area contributed by atoms with Gasteiger partial charge in [-0.1, -0.05) is 192 Å². The minimum Gasteiger partial charge on any atom is -0.394 e. The smallest absolute Gasteiger partial charge is 0.249 e. The van der Waals surface area contributed by atoms with E-state index < -0.39 is 24.2 Å². The first-order valence-electron chi connectivity index (χ1n) is 20.7. The monoisotopic (exact) mass is 664 g/mol. The SMILES string of the molecule is CCCCCCCCC/C=C/C(O)C(CO)NC(=O)C(O)CCCCCCCCCC/C=C\CCCCCCCCCCCCCC. The lowest BCUT2D eigenvalue weighted by molar-refractivity contribution is -0.131. The second-order valence-corrected chi connectivity index (χ2v) is 14.2. The van der Waals surface area contributed by atoms with Crippen LogP contribution in [-0.2, 0) is 4.79 Å². The standard InChI is InChI=1S/C42H81NO4/c1-3-5-7-9-11-13-14-15-16-17-18-19-20-21-22-23-24-25-26-27-29-31-33-35-37-41(46)42(47)43-39(38-44)40(45)36-34-32-30-28-12-10-8-6-4-2/h21-22,34,36,39-41,44-46H,3-20,23-33,35,37-38H2,1-2H3,(H,43,47)/b22-21-,36-34+. The van der Waals surface area contributed by atoms with Crippen molar-refractivity contribution in [1.29, 1.82) is 0 Å². The summed E-state index contributed by atoms with van der Waals surface area (Å²) in [5.41, 5.74) is 0. The van der Waals surface area contributed by atoms with Crippen molar-refractivity contribution in [3.8, 4) is 0 Å². The van der Waals surface area contributed by atoms with Crippen LogP contribution in [0.1, 0.15) is 213 Å². The van der Waals surface area contributed by atoms with Gasteiger partial charge in [-0.15, -0.1) is 0 Å². The van der Waals surface area contributed by atoms with Crippen molar-refractivity contribution in [2.24, 2.45) is 0 Å². The van der Waals surface area contributed by atoms with Crippen LogP contribution < -0.4 is 5.32 Å². The Morgan fingerprint density at radius 2 is 0.851 bits per heavy atom. The van der Waals surface area contributed by atoms with Gasteiger partial charge in [0.2, 0.25) is 5.91 Å². The fourth-order valence-electron chi connectivity index (χ4n) is 6.24. The van der Waals surface area contributed by atoms with Gasteiger partial charge >= 0.3 is 0 Å². The molecule has 0 saturated carbocycles. The number of carbonyl (C=O) groups excluding carboxylic acids is 1. The molecular formula is C42H81NO4. The maximum atomic E-state index is 12.4. The molecule has 0 aromatic heterocycles. The highest BCUT2D eigenvalue weighted by Crippen LogP contribution is 2.15. The number of carbonyl (C=O) groups is 1. The third-order valence-corrected chi connectivity index (χ3v) is 9.54. The van der Waals surface area contributed by atoms with Gasteiger partial charge in [0.1, 0.15) is 6.10 Å². The van der Waals surface area contributed by atoms with Crippen LogP contribution in [0.4, 0.5) is 0 Å². The van der Waals surface area contributed by atoms with E-state index in [1.807, 2.05) is 6.08 Å². The summed E-state index contributed by atoms with van der Waals surface area (Å²) in [6, 6.07) is -0.794. The van der Waals surface area contributed by atoms with Crippen LogP contribution in [0.3, 0.4) is 0 Å². The molecule has 1 amide bonds. The zero-order valence-corrected chi connectivity index (χ0v) is 31.4. The molecule has 0 aliphatic heterocycles. The quantitative estimate of drug-likeness (QED) is 0.0393. The van der Waals surface area contributed by atoms with Gasteiger partial charge in [-0.25, -0.2) is 0 Å². The number of allylic oxidation sites excluding steroid dienone is 3. The Morgan fingerprint density at radius 3 is 1.23 bits per heavy atom. The molecule has 0 bridgehead atoms. The Morgan fingerprint density at radius 1 is 0.511 bits per heavy atom. The Kier molecular flexibility index (Phi) is 36.7. The van der Waals surface area contributed by atoms with E-state index >= 15 is 0 Å².